The van der Waals surface area contributed by atoms with Crippen molar-refractivity contribution >= 4 is 10.9 Å². The predicted molar refractivity (Wildman–Crippen MR) is 81.7 cm³/mol. The number of nitrogens with zero attached hydrogens (tertiary/aromatic N) is 2. The van der Waals surface area contributed by atoms with Crippen LogP contribution in [0.1, 0.15) is 30.9 Å². The number of hydrogen-bond acceptors (Lipinski definition) is 1. The summed E-state index contributed by atoms with van der Waals surface area (Å²) in [6.07, 6.45) is 7.51. The maximum atomic E-state index is 2.41. The van der Waals surface area contributed by atoms with Crippen molar-refractivity contribution in [3.8, 4) is 0 Å². The zero-order valence-electron chi connectivity index (χ0n) is 12.3. The van der Waals surface area contributed by atoms with Gasteiger partial charge in [-0.05, 0) is 70.0 Å². The minimum Gasteiger partial charge on any atom is -0.346 e. The summed E-state index contributed by atoms with van der Waals surface area (Å²) >= 11 is 0. The Morgan fingerprint density at radius 2 is 1.95 bits per heavy atom. The quantitative estimate of drug-likeness (QED) is 0.816. The molecular formula is C17H24N2. The zero-order valence-corrected chi connectivity index (χ0v) is 12.3. The fourth-order valence-corrected chi connectivity index (χ4v) is 3.13. The van der Waals surface area contributed by atoms with Crippen molar-refractivity contribution in [1.82, 2.24) is 9.47 Å². The van der Waals surface area contributed by atoms with E-state index in [4.69, 9.17) is 0 Å². The molecule has 102 valence electrons. The van der Waals surface area contributed by atoms with E-state index in [1.54, 1.807) is 11.1 Å². The molecule has 0 saturated heterocycles. The molecule has 2 heteroatoms. The third-order valence-electron chi connectivity index (χ3n) is 4.63. The zero-order chi connectivity index (χ0) is 13.4. The summed E-state index contributed by atoms with van der Waals surface area (Å²) in [5.74, 6) is 0. The summed E-state index contributed by atoms with van der Waals surface area (Å²) in [6, 6.07) is 7.56. The van der Waals surface area contributed by atoms with Crippen molar-refractivity contribution in [3.63, 3.8) is 0 Å². The first-order chi connectivity index (χ1) is 9.16. The third-order valence-corrected chi connectivity index (χ3v) is 4.63. The number of likely N-dealkylation sites (N-methyl/N-ethyl adjacent to an activating group) is 1. The van der Waals surface area contributed by atoms with Gasteiger partial charge in [0, 0.05) is 29.7 Å². The number of fused-ring (bicyclic) bond motifs is 3. The van der Waals surface area contributed by atoms with Gasteiger partial charge in [-0.15, -0.1) is 0 Å². The molecule has 1 aromatic carbocycles. The Labute approximate surface area is 116 Å². The second kappa shape index (κ2) is 5.01. The molecule has 1 atom stereocenters. The van der Waals surface area contributed by atoms with Crippen molar-refractivity contribution in [2.75, 3.05) is 14.1 Å². The lowest BCUT2D eigenvalue weighted by atomic mass is 9.89. The van der Waals surface area contributed by atoms with Crippen molar-refractivity contribution in [1.29, 1.82) is 0 Å². The molecule has 1 aliphatic carbocycles. The number of hydrogen-bond donors (Lipinski definition) is 0. The van der Waals surface area contributed by atoms with Crippen LogP contribution in [0.2, 0.25) is 0 Å². The van der Waals surface area contributed by atoms with Gasteiger partial charge in [-0.1, -0.05) is 6.07 Å². The van der Waals surface area contributed by atoms with E-state index in [2.05, 4.69) is 54.9 Å². The van der Waals surface area contributed by atoms with Gasteiger partial charge in [0.25, 0.3) is 0 Å². The van der Waals surface area contributed by atoms with Gasteiger partial charge in [-0.2, -0.15) is 0 Å². The van der Waals surface area contributed by atoms with E-state index >= 15 is 0 Å². The summed E-state index contributed by atoms with van der Waals surface area (Å²) < 4.78 is 2.41. The van der Waals surface area contributed by atoms with Crippen LogP contribution in [-0.2, 0) is 19.4 Å². The maximum Gasteiger partial charge on any atom is 0.0483 e. The molecule has 1 aromatic heterocycles. The third kappa shape index (κ3) is 2.30. The van der Waals surface area contributed by atoms with E-state index in [9.17, 15) is 0 Å². The Hall–Kier alpha value is -1.28. The molecule has 0 bridgehead atoms. The number of benzene rings is 1. The predicted octanol–water partition coefficient (Wildman–Crippen LogP) is 3.47. The SMILES string of the molecule is C[C@H](Cn1ccc2c3c(ccc21)CCCC3)N(C)C. The Bertz CT molecular complexity index is 580. The molecule has 0 saturated carbocycles. The standard InChI is InChI=1S/C17H24N2/c1-13(18(2)3)12-19-11-10-16-15-7-5-4-6-14(15)8-9-17(16)19/h8-11,13H,4-7,12H2,1-3H3/t13-/m1/s1. The first-order valence-corrected chi connectivity index (χ1v) is 7.43. The molecule has 0 radical (unpaired) electrons. The van der Waals surface area contributed by atoms with Gasteiger partial charge in [-0.3, -0.25) is 0 Å². The number of rotatable bonds is 3. The second-order valence-corrected chi connectivity index (χ2v) is 6.12. The average Bonchev–Trinajstić information content (AvgIpc) is 2.82. The Balaban J connectivity index is 2.00. The van der Waals surface area contributed by atoms with Crippen molar-refractivity contribution in [3.05, 3.63) is 35.5 Å². The lowest BCUT2D eigenvalue weighted by molar-refractivity contribution is 0.286. The van der Waals surface area contributed by atoms with E-state index in [1.165, 1.54) is 36.6 Å². The minimum atomic E-state index is 0.562. The number of aryl methyl sites for hydroxylation is 2. The smallest absolute Gasteiger partial charge is 0.0483 e. The van der Waals surface area contributed by atoms with Crippen LogP contribution in [-0.4, -0.2) is 29.6 Å². The highest BCUT2D eigenvalue weighted by molar-refractivity contribution is 5.85. The fraction of sp³-hybridized carbons (Fsp3) is 0.529. The lowest BCUT2D eigenvalue weighted by Crippen LogP contribution is -2.28. The molecule has 2 aromatic rings. The lowest BCUT2D eigenvalue weighted by Gasteiger charge is -2.21. The molecule has 0 N–H and O–H groups in total. The van der Waals surface area contributed by atoms with E-state index in [0.29, 0.717) is 6.04 Å². The highest BCUT2D eigenvalue weighted by Gasteiger charge is 2.15. The van der Waals surface area contributed by atoms with Crippen LogP contribution in [0.15, 0.2) is 24.4 Å². The molecule has 0 spiro atoms. The highest BCUT2D eigenvalue weighted by Crippen LogP contribution is 2.29. The largest absolute Gasteiger partial charge is 0.346 e. The van der Waals surface area contributed by atoms with Crippen LogP contribution in [0.25, 0.3) is 10.9 Å². The maximum absolute atomic E-state index is 2.41. The minimum absolute atomic E-state index is 0.562. The molecule has 0 unspecified atom stereocenters. The first-order valence-electron chi connectivity index (χ1n) is 7.43. The van der Waals surface area contributed by atoms with Gasteiger partial charge in [0.05, 0.1) is 0 Å². The molecule has 1 heterocycles. The van der Waals surface area contributed by atoms with Crippen LogP contribution in [0.3, 0.4) is 0 Å². The summed E-state index contributed by atoms with van der Waals surface area (Å²) in [5, 5.41) is 1.49. The molecule has 3 rings (SSSR count). The van der Waals surface area contributed by atoms with E-state index in [-0.39, 0.29) is 0 Å². The van der Waals surface area contributed by atoms with E-state index in [1.807, 2.05) is 0 Å². The van der Waals surface area contributed by atoms with Crippen molar-refractivity contribution in [2.24, 2.45) is 0 Å². The first kappa shape index (κ1) is 12.7. The van der Waals surface area contributed by atoms with Gasteiger partial charge < -0.3 is 9.47 Å². The normalized spacial score (nSPS) is 16.8. The van der Waals surface area contributed by atoms with Crippen LogP contribution in [0.5, 0.6) is 0 Å². The Kier molecular flexibility index (Phi) is 3.36. The molecule has 0 amide bonds. The fourth-order valence-electron chi connectivity index (χ4n) is 3.13. The van der Waals surface area contributed by atoms with Crippen molar-refractivity contribution in [2.45, 2.75) is 45.2 Å². The molecule has 0 fully saturated rings. The average molecular weight is 256 g/mol. The second-order valence-electron chi connectivity index (χ2n) is 6.12. The highest BCUT2D eigenvalue weighted by atomic mass is 15.1. The summed E-state index contributed by atoms with van der Waals surface area (Å²) in [5.41, 5.74) is 4.60. The van der Waals surface area contributed by atoms with Gasteiger partial charge in [0.2, 0.25) is 0 Å². The van der Waals surface area contributed by atoms with E-state index < -0.39 is 0 Å². The van der Waals surface area contributed by atoms with Crippen LogP contribution < -0.4 is 0 Å². The van der Waals surface area contributed by atoms with Crippen LogP contribution in [0, 0.1) is 0 Å². The molecule has 0 aliphatic heterocycles. The van der Waals surface area contributed by atoms with Gasteiger partial charge in [0.1, 0.15) is 0 Å². The van der Waals surface area contributed by atoms with Crippen molar-refractivity contribution < 1.29 is 0 Å². The molecule has 2 nitrogen and oxygen atoms in total. The van der Waals surface area contributed by atoms with Crippen LogP contribution >= 0.6 is 0 Å². The number of aromatic nitrogens is 1. The monoisotopic (exact) mass is 256 g/mol. The topological polar surface area (TPSA) is 8.17 Å². The summed E-state index contributed by atoms with van der Waals surface area (Å²) in [4.78, 5) is 2.28. The Morgan fingerprint density at radius 3 is 2.74 bits per heavy atom. The van der Waals surface area contributed by atoms with Gasteiger partial charge >= 0.3 is 0 Å². The Morgan fingerprint density at radius 1 is 1.16 bits per heavy atom. The summed E-state index contributed by atoms with van der Waals surface area (Å²) in [6.45, 7) is 3.35. The van der Waals surface area contributed by atoms with Gasteiger partial charge in [-0.25, -0.2) is 0 Å². The summed E-state index contributed by atoms with van der Waals surface area (Å²) in [7, 11) is 4.30. The molecule has 19 heavy (non-hydrogen) atoms. The van der Waals surface area contributed by atoms with Crippen LogP contribution in [0.4, 0.5) is 0 Å². The van der Waals surface area contributed by atoms with Gasteiger partial charge in [0.15, 0.2) is 0 Å². The molecular weight excluding hydrogens is 232 g/mol. The van der Waals surface area contributed by atoms with E-state index in [0.717, 1.165) is 6.54 Å². The molecule has 1 aliphatic rings.